The molecule has 1 aliphatic heterocycles. The topological polar surface area (TPSA) is 75.7 Å². The Hall–Kier alpha value is 1.14. The van der Waals surface area contributed by atoms with E-state index in [0.717, 1.165) is 0 Å². The molecule has 0 aliphatic carbocycles. The Labute approximate surface area is 118 Å². The molecule has 1 aliphatic rings. The maximum Gasteiger partial charge on any atom is 1.00 e. The van der Waals surface area contributed by atoms with Crippen molar-refractivity contribution in [3.63, 3.8) is 0 Å². The molecule has 1 saturated heterocycles. The van der Waals surface area contributed by atoms with Gasteiger partial charge in [-0.1, -0.05) is 0 Å². The van der Waals surface area contributed by atoms with Crippen LogP contribution in [-0.2, 0) is 22.7 Å². The van der Waals surface area contributed by atoms with E-state index in [1.54, 1.807) is 9.91 Å². The maximum atomic E-state index is 10.4. The fraction of sp³-hybridized carbons (Fsp3) is 1.00. The maximum absolute atomic E-state index is 10.4. The minimum absolute atomic E-state index is 0. The van der Waals surface area contributed by atoms with Crippen LogP contribution >= 0.6 is 0 Å². The number of hydrazine groups is 1. The van der Waals surface area contributed by atoms with Gasteiger partial charge in [0, 0.05) is 13.6 Å². The van der Waals surface area contributed by atoms with E-state index in [2.05, 4.69) is 5.43 Å². The summed E-state index contributed by atoms with van der Waals surface area (Å²) in [4.78, 5) is 1.74. The van der Waals surface area contributed by atoms with E-state index in [9.17, 15) is 13.0 Å². The summed E-state index contributed by atoms with van der Waals surface area (Å²) in [6, 6.07) is 0. The van der Waals surface area contributed by atoms with E-state index >= 15 is 0 Å². The summed E-state index contributed by atoms with van der Waals surface area (Å²) < 4.78 is 31.3. The zero-order chi connectivity index (χ0) is 10.9. The summed E-state index contributed by atoms with van der Waals surface area (Å²) in [7, 11) is -2.35. The van der Waals surface area contributed by atoms with Crippen LogP contribution in [0.5, 0.6) is 0 Å². The Morgan fingerprint density at radius 1 is 1.53 bits per heavy atom. The third kappa shape index (κ3) is 4.88. The van der Waals surface area contributed by atoms with Crippen LogP contribution in [0.15, 0.2) is 0 Å². The number of hydrogen-bond acceptors (Lipinski definition) is 7. The van der Waals surface area contributed by atoms with Gasteiger partial charge in [-0.3, -0.25) is 10.3 Å². The smallest absolute Gasteiger partial charge is 0.757 e. The molecule has 0 aromatic rings. The van der Waals surface area contributed by atoms with Crippen molar-refractivity contribution in [2.45, 2.75) is 18.6 Å². The summed E-state index contributed by atoms with van der Waals surface area (Å²) >= 11 is 5.04. The van der Waals surface area contributed by atoms with Gasteiger partial charge < -0.3 is 17.2 Å². The van der Waals surface area contributed by atoms with Crippen molar-refractivity contribution in [3.05, 3.63) is 0 Å². The van der Waals surface area contributed by atoms with Gasteiger partial charge in [-0.2, -0.15) is 0 Å². The van der Waals surface area contributed by atoms with Crippen molar-refractivity contribution >= 4 is 22.7 Å². The Morgan fingerprint density at radius 2 is 2.07 bits per heavy atom. The van der Waals surface area contributed by atoms with E-state index in [1.807, 2.05) is 14.0 Å². The molecule has 1 rings (SSSR count). The molecule has 0 aromatic carbocycles. The van der Waals surface area contributed by atoms with Gasteiger partial charge in [0.15, 0.2) is 0 Å². The van der Waals surface area contributed by atoms with Crippen LogP contribution in [0.4, 0.5) is 0 Å². The molecule has 1 heterocycles. The predicted molar refractivity (Wildman–Crippen MR) is 52.8 cm³/mol. The second-order valence-corrected chi connectivity index (χ2v) is 5.19. The first-order chi connectivity index (χ1) is 6.31. The first-order valence-electron chi connectivity index (χ1n) is 4.15. The van der Waals surface area contributed by atoms with Gasteiger partial charge in [0.2, 0.25) is 0 Å². The Morgan fingerprint density at radius 3 is 2.40 bits per heavy atom. The molecule has 1 N–H and O–H groups in total. The molecule has 1 fully saturated rings. The standard InChI is InChI=1S/C6H15N3O3S2.Na/c1-5-8(2)7-6(13)9(5)3-4-14(10,11)12;/h5-7,13H,3-4H2,1-2H3,(H,10,11,12);/q;+1/p-2. The molecule has 0 saturated carbocycles. The van der Waals surface area contributed by atoms with Crippen LogP contribution < -0.4 is 35.0 Å². The van der Waals surface area contributed by atoms with E-state index < -0.39 is 15.9 Å². The Kier molecular flexibility index (Phi) is 6.64. The minimum atomic E-state index is -4.16. The molecule has 84 valence electrons. The number of nitrogens with zero attached hydrogens (tertiary/aromatic N) is 2. The molecule has 9 heteroatoms. The molecule has 0 amide bonds. The van der Waals surface area contributed by atoms with Crippen LogP contribution in [0.2, 0.25) is 0 Å². The van der Waals surface area contributed by atoms with Gasteiger partial charge in [-0.05, 0) is 12.4 Å². The van der Waals surface area contributed by atoms with Gasteiger partial charge >= 0.3 is 29.6 Å². The number of nitrogens with one attached hydrogen (secondary N) is 1. The molecule has 15 heavy (non-hydrogen) atoms. The van der Waals surface area contributed by atoms with Gasteiger partial charge in [-0.25, -0.2) is 13.4 Å². The monoisotopic (exact) mass is 262 g/mol. The van der Waals surface area contributed by atoms with Crippen LogP contribution in [0.3, 0.4) is 0 Å². The van der Waals surface area contributed by atoms with Gasteiger partial charge in [0.1, 0.15) is 0 Å². The third-order valence-electron chi connectivity index (χ3n) is 2.26. The third-order valence-corrected chi connectivity index (χ3v) is 3.31. The average Bonchev–Trinajstić information content (AvgIpc) is 2.23. The first kappa shape index (κ1) is 16.1. The quantitative estimate of drug-likeness (QED) is 0.312. The van der Waals surface area contributed by atoms with E-state index in [0.29, 0.717) is 0 Å². The molecule has 2 atom stereocenters. The average molecular weight is 262 g/mol. The molecular formula is C6H13N3NaO3S2-. The molecule has 0 aromatic heterocycles. The van der Waals surface area contributed by atoms with E-state index in [4.69, 9.17) is 12.6 Å². The SMILES string of the molecule is CC1N(C)NC([S-])N1CCS(=O)(=O)[O-].[Na+]. The van der Waals surface area contributed by atoms with Crippen molar-refractivity contribution in [2.75, 3.05) is 19.3 Å². The van der Waals surface area contributed by atoms with Crippen molar-refractivity contribution in [1.82, 2.24) is 15.3 Å². The first-order valence-corrected chi connectivity index (χ1v) is 6.20. The fourth-order valence-corrected chi connectivity index (χ4v) is 2.18. The Balaban J connectivity index is 0.00000196. The van der Waals surface area contributed by atoms with Crippen LogP contribution in [0.25, 0.3) is 0 Å². The van der Waals surface area contributed by atoms with Crippen LogP contribution in [0, 0.1) is 0 Å². The number of hydrogen-bond donors (Lipinski definition) is 1. The zero-order valence-corrected chi connectivity index (χ0v) is 12.6. The van der Waals surface area contributed by atoms with E-state index in [-0.39, 0.29) is 47.8 Å². The van der Waals surface area contributed by atoms with E-state index in [1.165, 1.54) is 0 Å². The van der Waals surface area contributed by atoms with Crippen molar-refractivity contribution in [3.8, 4) is 0 Å². The Bertz CT molecular complexity index is 300. The van der Waals surface area contributed by atoms with Crippen molar-refractivity contribution in [1.29, 1.82) is 0 Å². The molecule has 6 nitrogen and oxygen atoms in total. The zero-order valence-electron chi connectivity index (χ0n) is 9.00. The summed E-state index contributed by atoms with van der Waals surface area (Å²) in [6.07, 6.45) is -0.000694. The minimum Gasteiger partial charge on any atom is -0.757 e. The molecule has 0 radical (unpaired) electrons. The van der Waals surface area contributed by atoms with Crippen molar-refractivity contribution in [2.24, 2.45) is 0 Å². The second kappa shape index (κ2) is 6.18. The summed E-state index contributed by atoms with van der Waals surface area (Å²) in [5.41, 5.74) is 2.58. The second-order valence-electron chi connectivity index (χ2n) is 3.22. The summed E-state index contributed by atoms with van der Waals surface area (Å²) in [6.45, 7) is 2.05. The molecule has 0 bridgehead atoms. The van der Waals surface area contributed by atoms with Crippen molar-refractivity contribution < 1.29 is 42.5 Å². The molecule has 2 unspecified atom stereocenters. The van der Waals surface area contributed by atoms with Gasteiger partial charge in [0.05, 0.1) is 22.0 Å². The van der Waals surface area contributed by atoms with Crippen LogP contribution in [-0.4, -0.2) is 53.9 Å². The predicted octanol–water partition coefficient (Wildman–Crippen LogP) is -4.54. The number of rotatable bonds is 3. The molecule has 0 spiro atoms. The van der Waals surface area contributed by atoms with Gasteiger partial charge in [0.25, 0.3) is 0 Å². The largest absolute Gasteiger partial charge is 1.00 e. The fourth-order valence-electron chi connectivity index (χ4n) is 1.30. The normalized spacial score (nSPS) is 29.1. The molecular weight excluding hydrogens is 249 g/mol. The van der Waals surface area contributed by atoms with Crippen LogP contribution in [0.1, 0.15) is 6.92 Å². The van der Waals surface area contributed by atoms with Gasteiger partial charge in [-0.15, -0.1) is 0 Å². The summed E-state index contributed by atoms with van der Waals surface area (Å²) in [5.74, 6) is -0.403. The summed E-state index contributed by atoms with van der Waals surface area (Å²) in [5, 5.41) is 1.79.